The van der Waals surface area contributed by atoms with Gasteiger partial charge in [-0.15, -0.1) is 0 Å². The lowest BCUT2D eigenvalue weighted by atomic mass is 9.69. The van der Waals surface area contributed by atoms with Crippen LogP contribution in [0.15, 0.2) is 30.3 Å². The van der Waals surface area contributed by atoms with E-state index in [1.165, 1.54) is 12.0 Å². The third-order valence-corrected chi connectivity index (χ3v) is 7.83. The van der Waals surface area contributed by atoms with Crippen LogP contribution in [0, 0.1) is 11.3 Å². The van der Waals surface area contributed by atoms with Crippen LogP contribution >= 0.6 is 0 Å². The predicted molar refractivity (Wildman–Crippen MR) is 128 cm³/mol. The molecule has 0 bridgehead atoms. The van der Waals surface area contributed by atoms with E-state index in [4.69, 9.17) is 18.8 Å². The van der Waals surface area contributed by atoms with E-state index in [0.29, 0.717) is 19.2 Å². The summed E-state index contributed by atoms with van der Waals surface area (Å²) in [5.74, 6) is -0.801. The fourth-order valence-electron chi connectivity index (χ4n) is 4.96. The fraction of sp³-hybridized carbons (Fsp3) is 0.680. The van der Waals surface area contributed by atoms with E-state index < -0.39 is 34.7 Å². The van der Waals surface area contributed by atoms with Gasteiger partial charge in [-0.25, -0.2) is 9.59 Å². The molecule has 2 heterocycles. The molecule has 0 spiro atoms. The Morgan fingerprint density at radius 2 is 1.74 bits per heavy atom. The molecular weight excluding hydrogens is 437 g/mol. The first kappa shape index (κ1) is 26.5. The van der Waals surface area contributed by atoms with Gasteiger partial charge in [0.1, 0.15) is 12.6 Å². The Morgan fingerprint density at radius 3 is 2.29 bits per heavy atom. The van der Waals surface area contributed by atoms with E-state index in [2.05, 4.69) is 0 Å². The van der Waals surface area contributed by atoms with Gasteiger partial charge in [-0.05, 0) is 46.0 Å². The lowest BCUT2D eigenvalue weighted by Crippen LogP contribution is -2.48. The second kappa shape index (κ2) is 10.3. The van der Waals surface area contributed by atoms with Crippen LogP contribution in [0.5, 0.6) is 0 Å². The Balaban J connectivity index is 1.69. The van der Waals surface area contributed by atoms with Gasteiger partial charge in [-0.2, -0.15) is 0 Å². The topological polar surface area (TPSA) is 94.5 Å². The summed E-state index contributed by atoms with van der Waals surface area (Å²) in [6.45, 7) is 10.2. The fourth-order valence-corrected chi connectivity index (χ4v) is 4.96. The number of esters is 1. The van der Waals surface area contributed by atoms with Gasteiger partial charge >= 0.3 is 19.2 Å². The van der Waals surface area contributed by atoms with Crippen molar-refractivity contribution in [2.45, 2.75) is 77.6 Å². The third kappa shape index (κ3) is 5.26. The summed E-state index contributed by atoms with van der Waals surface area (Å²) in [7, 11) is 0.971. The molecule has 34 heavy (non-hydrogen) atoms. The van der Waals surface area contributed by atoms with Crippen molar-refractivity contribution in [2.24, 2.45) is 11.3 Å². The van der Waals surface area contributed by atoms with Gasteiger partial charge < -0.3 is 23.9 Å². The van der Waals surface area contributed by atoms with Crippen molar-refractivity contribution in [2.75, 3.05) is 20.3 Å². The highest BCUT2D eigenvalue weighted by Crippen LogP contribution is 2.47. The largest absolute Gasteiger partial charge is 0.467 e. The van der Waals surface area contributed by atoms with Crippen molar-refractivity contribution in [3.63, 3.8) is 0 Å². The van der Waals surface area contributed by atoms with E-state index in [9.17, 15) is 14.7 Å². The van der Waals surface area contributed by atoms with Crippen LogP contribution in [0.2, 0.25) is 6.32 Å². The van der Waals surface area contributed by atoms with Crippen LogP contribution in [-0.2, 0) is 30.2 Å². The number of likely N-dealkylation sites (tertiary alicyclic amines) is 1. The van der Waals surface area contributed by atoms with E-state index >= 15 is 0 Å². The first-order chi connectivity index (χ1) is 15.9. The molecule has 1 N–H and O–H groups in total. The molecule has 0 aliphatic carbocycles. The highest BCUT2D eigenvalue weighted by molar-refractivity contribution is 6.45. The summed E-state index contributed by atoms with van der Waals surface area (Å²) >= 11 is 0. The summed E-state index contributed by atoms with van der Waals surface area (Å²) < 4.78 is 22.8. The molecule has 2 aliphatic heterocycles. The van der Waals surface area contributed by atoms with Crippen molar-refractivity contribution in [1.29, 1.82) is 0 Å². The molecule has 1 aromatic rings. The summed E-state index contributed by atoms with van der Waals surface area (Å²) in [6.07, 6.45) is 1.34. The molecular formula is C25H38BNO7. The first-order valence-corrected chi connectivity index (χ1v) is 12.0. The minimum Gasteiger partial charge on any atom is -0.467 e. The molecule has 2 aliphatic rings. The lowest BCUT2D eigenvalue weighted by Gasteiger charge is -2.35. The number of methoxy groups -OCH3 is 1. The Labute approximate surface area is 203 Å². The number of nitrogens with zero attached hydrogens (tertiary/aromatic N) is 1. The summed E-state index contributed by atoms with van der Waals surface area (Å²) in [5.41, 5.74) is -0.641. The molecule has 8 nitrogen and oxygen atoms in total. The molecule has 3 atom stereocenters. The van der Waals surface area contributed by atoms with E-state index in [0.717, 1.165) is 5.56 Å². The van der Waals surface area contributed by atoms with Crippen molar-refractivity contribution >= 4 is 19.2 Å². The molecule has 9 heteroatoms. The molecule has 2 fully saturated rings. The molecule has 0 unspecified atom stereocenters. The van der Waals surface area contributed by atoms with Gasteiger partial charge in [-0.3, -0.25) is 4.90 Å². The Hall–Kier alpha value is -2.10. The Bertz CT molecular complexity index is 846. The van der Waals surface area contributed by atoms with Crippen molar-refractivity contribution in [1.82, 2.24) is 4.90 Å². The van der Waals surface area contributed by atoms with E-state index in [1.807, 2.05) is 65.0 Å². The average Bonchev–Trinajstić information content (AvgIpc) is 3.20. The number of ether oxygens (including phenoxy) is 2. The number of hydrogen-bond acceptors (Lipinski definition) is 7. The molecule has 1 aromatic carbocycles. The number of rotatable bonds is 8. The van der Waals surface area contributed by atoms with Crippen LogP contribution in [0.4, 0.5) is 4.79 Å². The quantitative estimate of drug-likeness (QED) is 0.453. The normalized spacial score (nSPS) is 27.6. The lowest BCUT2D eigenvalue weighted by molar-refractivity contribution is -0.149. The first-order valence-electron chi connectivity index (χ1n) is 12.0. The average molecular weight is 475 g/mol. The number of carbonyl (C=O) groups excluding carboxylic acids is 2. The second-order valence-electron chi connectivity index (χ2n) is 10.6. The zero-order valence-electron chi connectivity index (χ0n) is 21.2. The monoisotopic (exact) mass is 475 g/mol. The maximum Gasteiger partial charge on any atom is 0.457 e. The molecule has 0 radical (unpaired) electrons. The SMILES string of the molecule is COC(=O)[C@H]1N(C(=O)OCc2ccccc2)C[C@H](CO)[C@@]1(C)CCCB1OC(C)(C)C(C)(C)O1. The predicted octanol–water partition coefficient (Wildman–Crippen LogP) is 3.67. The molecule has 0 aromatic heterocycles. The minimum absolute atomic E-state index is 0.104. The van der Waals surface area contributed by atoms with Gasteiger partial charge in [0.15, 0.2) is 0 Å². The highest BCUT2D eigenvalue weighted by Gasteiger charge is 2.57. The van der Waals surface area contributed by atoms with E-state index in [1.54, 1.807) is 0 Å². The van der Waals surface area contributed by atoms with Crippen molar-refractivity contribution in [3.8, 4) is 0 Å². The summed E-state index contributed by atoms with van der Waals surface area (Å²) in [6, 6.07) is 8.51. The summed E-state index contributed by atoms with van der Waals surface area (Å²) in [5, 5.41) is 10.1. The minimum atomic E-state index is -0.851. The van der Waals surface area contributed by atoms with Gasteiger partial charge in [0.2, 0.25) is 0 Å². The Morgan fingerprint density at radius 1 is 1.12 bits per heavy atom. The molecule has 2 saturated heterocycles. The maximum atomic E-state index is 13.0. The zero-order valence-corrected chi connectivity index (χ0v) is 21.2. The molecule has 188 valence electrons. The number of hydrogen-bond donors (Lipinski definition) is 1. The number of carbonyl (C=O) groups is 2. The zero-order chi connectivity index (χ0) is 25.1. The van der Waals surface area contributed by atoms with Crippen LogP contribution in [0.1, 0.15) is 53.0 Å². The molecule has 1 amide bonds. The number of benzene rings is 1. The van der Waals surface area contributed by atoms with Crippen molar-refractivity contribution < 1.29 is 33.5 Å². The maximum absolute atomic E-state index is 13.0. The van der Waals surface area contributed by atoms with E-state index in [-0.39, 0.29) is 32.8 Å². The van der Waals surface area contributed by atoms with Gasteiger partial charge in [0.05, 0.1) is 18.3 Å². The van der Waals surface area contributed by atoms with Crippen LogP contribution in [0.25, 0.3) is 0 Å². The Kier molecular flexibility index (Phi) is 8.00. The van der Waals surface area contributed by atoms with Crippen molar-refractivity contribution in [3.05, 3.63) is 35.9 Å². The van der Waals surface area contributed by atoms with Crippen LogP contribution in [0.3, 0.4) is 0 Å². The number of aliphatic hydroxyl groups excluding tert-OH is 1. The van der Waals surface area contributed by atoms with Crippen LogP contribution in [-0.4, -0.2) is 66.7 Å². The van der Waals surface area contributed by atoms with Gasteiger partial charge in [0.25, 0.3) is 0 Å². The standard InChI is InChI=1S/C25H38BNO7/c1-23(2)24(3,4)34-26(33-23)14-10-13-25(5)19(16-28)15-27(20(25)21(29)31-6)22(30)32-17-18-11-8-7-9-12-18/h7-9,11-12,19-20,28H,10,13-17H2,1-6H3/t19-,20-,25-/m1/s1. The highest BCUT2D eigenvalue weighted by atomic mass is 16.7. The van der Waals surface area contributed by atoms with Crippen LogP contribution < -0.4 is 0 Å². The van der Waals surface area contributed by atoms with Gasteiger partial charge in [-0.1, -0.05) is 43.7 Å². The smallest absolute Gasteiger partial charge is 0.457 e. The molecule has 0 saturated carbocycles. The number of amides is 1. The second-order valence-corrected chi connectivity index (χ2v) is 10.6. The summed E-state index contributed by atoms with van der Waals surface area (Å²) in [4.78, 5) is 27.3. The number of aliphatic hydroxyl groups is 1. The third-order valence-electron chi connectivity index (χ3n) is 7.83. The van der Waals surface area contributed by atoms with Gasteiger partial charge in [0, 0.05) is 24.5 Å². The molecule has 3 rings (SSSR count).